The Bertz CT molecular complexity index is 1370. The fourth-order valence-corrected chi connectivity index (χ4v) is 3.73. The van der Waals surface area contributed by atoms with Crippen molar-refractivity contribution in [3.63, 3.8) is 0 Å². The van der Waals surface area contributed by atoms with Gasteiger partial charge in [0.25, 0.3) is 5.91 Å². The van der Waals surface area contributed by atoms with Crippen LogP contribution in [-0.4, -0.2) is 32.7 Å². The molecule has 36 heavy (non-hydrogen) atoms. The van der Waals surface area contributed by atoms with Gasteiger partial charge in [0.2, 0.25) is 5.91 Å². The van der Waals surface area contributed by atoms with Gasteiger partial charge in [-0.05, 0) is 35.9 Å². The van der Waals surface area contributed by atoms with E-state index >= 15 is 0 Å². The predicted molar refractivity (Wildman–Crippen MR) is 114 cm³/mol. The summed E-state index contributed by atoms with van der Waals surface area (Å²) in [5.41, 5.74) is -0.765. The van der Waals surface area contributed by atoms with Crippen molar-refractivity contribution < 1.29 is 40.7 Å². The number of hydrogen-bond acceptors (Lipinski definition) is 3. The summed E-state index contributed by atoms with van der Waals surface area (Å²) in [5.74, 6) is -1.76. The highest BCUT2D eigenvalue weighted by molar-refractivity contribution is 6.14. The maximum Gasteiger partial charge on any atom is 0.416 e. The van der Waals surface area contributed by atoms with Gasteiger partial charge >= 0.3 is 18.4 Å². The van der Waals surface area contributed by atoms with E-state index in [-0.39, 0.29) is 11.8 Å². The van der Waals surface area contributed by atoms with Gasteiger partial charge in [0.05, 0.1) is 17.7 Å². The Morgan fingerprint density at radius 1 is 1.00 bits per heavy atom. The Balaban J connectivity index is 1.76. The molecule has 4 rings (SSSR count). The number of carbonyl (C=O) groups is 3. The number of benzene rings is 2. The number of H-pyrrole nitrogens is 1. The van der Waals surface area contributed by atoms with Gasteiger partial charge in [0.1, 0.15) is 5.70 Å². The molecule has 0 unspecified atom stereocenters. The number of hydrogen-bond donors (Lipinski definition) is 2. The van der Waals surface area contributed by atoms with Crippen molar-refractivity contribution >= 4 is 34.8 Å². The normalized spacial score (nSPS) is 15.9. The Morgan fingerprint density at radius 2 is 1.61 bits per heavy atom. The lowest BCUT2D eigenvalue weighted by Gasteiger charge is -2.18. The SMILES string of the molecule is CC(=O)NN1C(=O)N(Cc2cc(C(F)(F)F)cc(C(F)(F)F)c2)C(=O)C1=Cc1c[nH]c2ccccc12. The van der Waals surface area contributed by atoms with E-state index in [2.05, 4.69) is 10.4 Å². The van der Waals surface area contributed by atoms with Crippen LogP contribution >= 0.6 is 0 Å². The maximum absolute atomic E-state index is 13.2. The van der Waals surface area contributed by atoms with E-state index in [9.17, 15) is 40.7 Å². The topological polar surface area (TPSA) is 85.5 Å². The summed E-state index contributed by atoms with van der Waals surface area (Å²) in [7, 11) is 0. The number of hydrazine groups is 1. The molecule has 0 radical (unpaired) electrons. The standard InChI is InChI=1S/C23H16F6N4O3/c1-12(34)31-33-19(8-14-10-30-18-5-3-2-4-17(14)18)20(35)32(21(33)36)11-13-6-15(22(24,25)26)9-16(7-13)23(27,28)29/h2-10,30H,11H2,1H3,(H,31,34). The highest BCUT2D eigenvalue weighted by atomic mass is 19.4. The summed E-state index contributed by atoms with van der Waals surface area (Å²) in [5, 5.41) is 1.27. The Kier molecular flexibility index (Phi) is 6.02. The second kappa shape index (κ2) is 8.73. The molecule has 4 amide bonds. The third kappa shape index (κ3) is 4.76. The first-order chi connectivity index (χ1) is 16.8. The van der Waals surface area contributed by atoms with Crippen LogP contribution in [0.3, 0.4) is 0 Å². The Hall–Kier alpha value is -4.29. The fraction of sp³-hybridized carbons (Fsp3) is 0.174. The second-order valence-electron chi connectivity index (χ2n) is 7.91. The number of aromatic amines is 1. The van der Waals surface area contributed by atoms with Crippen LogP contribution in [0.25, 0.3) is 17.0 Å². The molecule has 1 aromatic heterocycles. The lowest BCUT2D eigenvalue weighted by molar-refractivity contribution is -0.143. The second-order valence-corrected chi connectivity index (χ2v) is 7.91. The monoisotopic (exact) mass is 510 g/mol. The minimum Gasteiger partial charge on any atom is -0.361 e. The molecular weight excluding hydrogens is 494 g/mol. The van der Waals surface area contributed by atoms with Gasteiger partial charge in [-0.1, -0.05) is 18.2 Å². The Morgan fingerprint density at radius 3 is 2.19 bits per heavy atom. The molecule has 1 fully saturated rings. The zero-order valence-corrected chi connectivity index (χ0v) is 18.3. The number of carbonyl (C=O) groups excluding carboxylic acids is 3. The summed E-state index contributed by atoms with van der Waals surface area (Å²) in [6.07, 6.45) is -7.38. The van der Waals surface area contributed by atoms with Gasteiger partial charge in [-0.25, -0.2) is 4.79 Å². The van der Waals surface area contributed by atoms with Crippen molar-refractivity contribution in [1.82, 2.24) is 20.3 Å². The fourth-order valence-electron chi connectivity index (χ4n) is 3.73. The number of rotatable bonds is 4. The summed E-state index contributed by atoms with van der Waals surface area (Å²) in [4.78, 5) is 41.2. The molecule has 2 heterocycles. The lowest BCUT2D eigenvalue weighted by Crippen LogP contribution is -2.43. The van der Waals surface area contributed by atoms with Crippen LogP contribution in [0.2, 0.25) is 0 Å². The van der Waals surface area contributed by atoms with E-state index in [0.29, 0.717) is 38.5 Å². The van der Waals surface area contributed by atoms with E-state index in [1.807, 2.05) is 0 Å². The molecular formula is C23H16F6N4O3. The van der Waals surface area contributed by atoms with Crippen LogP contribution in [0.4, 0.5) is 31.1 Å². The Labute approximate surface area is 198 Å². The van der Waals surface area contributed by atoms with Crippen LogP contribution < -0.4 is 5.43 Å². The van der Waals surface area contributed by atoms with Crippen molar-refractivity contribution in [1.29, 1.82) is 0 Å². The molecule has 188 valence electrons. The average molecular weight is 510 g/mol. The molecule has 1 aliphatic heterocycles. The van der Waals surface area contributed by atoms with Crippen molar-refractivity contribution in [2.75, 3.05) is 0 Å². The number of amides is 4. The molecule has 7 nitrogen and oxygen atoms in total. The molecule has 1 saturated heterocycles. The van der Waals surface area contributed by atoms with Crippen LogP contribution in [0.5, 0.6) is 0 Å². The number of alkyl halides is 6. The number of nitrogens with one attached hydrogen (secondary N) is 2. The first-order valence-corrected chi connectivity index (χ1v) is 10.2. The van der Waals surface area contributed by atoms with E-state index in [4.69, 9.17) is 0 Å². The van der Waals surface area contributed by atoms with Crippen LogP contribution in [-0.2, 0) is 28.5 Å². The van der Waals surface area contributed by atoms with Crippen molar-refractivity contribution in [3.8, 4) is 0 Å². The summed E-state index contributed by atoms with van der Waals surface area (Å²) in [6.45, 7) is 0.165. The summed E-state index contributed by atoms with van der Waals surface area (Å²) < 4.78 is 79.4. The minimum atomic E-state index is -5.10. The first-order valence-electron chi connectivity index (χ1n) is 10.2. The largest absolute Gasteiger partial charge is 0.416 e. The molecule has 3 aromatic rings. The molecule has 2 N–H and O–H groups in total. The minimum absolute atomic E-state index is 0.0525. The van der Waals surface area contributed by atoms with Crippen molar-refractivity contribution in [3.05, 3.63) is 76.6 Å². The van der Waals surface area contributed by atoms with Gasteiger partial charge in [0, 0.05) is 29.6 Å². The van der Waals surface area contributed by atoms with Gasteiger partial charge in [-0.2, -0.15) is 31.4 Å². The summed E-state index contributed by atoms with van der Waals surface area (Å²) >= 11 is 0. The number of nitrogens with zero attached hydrogens (tertiary/aromatic N) is 2. The van der Waals surface area contributed by atoms with Crippen LogP contribution in [0, 0.1) is 0 Å². The molecule has 0 saturated carbocycles. The zero-order valence-electron chi connectivity index (χ0n) is 18.3. The summed E-state index contributed by atoms with van der Waals surface area (Å²) in [6, 6.07) is 6.62. The molecule has 0 atom stereocenters. The number of imide groups is 1. The quantitative estimate of drug-likeness (QED) is 0.292. The highest BCUT2D eigenvalue weighted by Crippen LogP contribution is 2.37. The van der Waals surface area contributed by atoms with Gasteiger partial charge < -0.3 is 4.98 Å². The van der Waals surface area contributed by atoms with Crippen molar-refractivity contribution in [2.45, 2.75) is 25.8 Å². The van der Waals surface area contributed by atoms with E-state index < -0.39 is 53.4 Å². The average Bonchev–Trinajstić information content (AvgIpc) is 3.28. The number of para-hydroxylation sites is 1. The van der Waals surface area contributed by atoms with Gasteiger partial charge in [-0.3, -0.25) is 19.9 Å². The first kappa shape index (κ1) is 24.8. The molecule has 0 spiro atoms. The van der Waals surface area contributed by atoms with Crippen LogP contribution in [0.1, 0.15) is 29.2 Å². The smallest absolute Gasteiger partial charge is 0.361 e. The third-order valence-electron chi connectivity index (χ3n) is 5.30. The lowest BCUT2D eigenvalue weighted by atomic mass is 10.0. The number of halogens is 6. The number of urea groups is 1. The van der Waals surface area contributed by atoms with Crippen molar-refractivity contribution in [2.24, 2.45) is 0 Å². The predicted octanol–water partition coefficient (Wildman–Crippen LogP) is 5.06. The van der Waals surface area contributed by atoms with E-state index in [1.165, 1.54) is 12.3 Å². The molecule has 0 aliphatic carbocycles. The zero-order chi connectivity index (χ0) is 26.4. The van der Waals surface area contributed by atoms with Gasteiger partial charge in [0.15, 0.2) is 0 Å². The number of fused-ring (bicyclic) bond motifs is 1. The maximum atomic E-state index is 13.2. The van der Waals surface area contributed by atoms with Crippen LogP contribution in [0.15, 0.2) is 54.4 Å². The third-order valence-corrected chi connectivity index (χ3v) is 5.30. The molecule has 0 bridgehead atoms. The molecule has 2 aromatic carbocycles. The highest BCUT2D eigenvalue weighted by Gasteiger charge is 2.43. The van der Waals surface area contributed by atoms with E-state index in [0.717, 1.165) is 6.92 Å². The van der Waals surface area contributed by atoms with E-state index in [1.54, 1.807) is 24.3 Å². The molecule has 1 aliphatic rings. The molecule has 13 heteroatoms. The number of aromatic nitrogens is 1. The van der Waals surface area contributed by atoms with Gasteiger partial charge in [-0.15, -0.1) is 0 Å².